The lowest BCUT2D eigenvalue weighted by atomic mass is 10.2. The molecule has 1 fully saturated rings. The first kappa shape index (κ1) is 11.4. The average molecular weight is 240 g/mol. The molecule has 0 aliphatic heterocycles. The van der Waals surface area contributed by atoms with E-state index >= 15 is 0 Å². The Labute approximate surface area is 98.7 Å². The molecule has 1 atom stereocenters. The molecule has 1 aromatic rings. The number of nitrogens with zero attached hydrogens (tertiary/aromatic N) is 1. The number of carboxylic acid groups (broad SMARTS) is 1. The van der Waals surface area contributed by atoms with Crippen molar-refractivity contribution < 1.29 is 9.90 Å². The molecule has 4 nitrogen and oxygen atoms in total. The molecular weight excluding hydrogens is 224 g/mol. The van der Waals surface area contributed by atoms with E-state index in [1.807, 2.05) is 5.38 Å². The highest BCUT2D eigenvalue weighted by molar-refractivity contribution is 7.13. The molecule has 0 spiro atoms. The minimum Gasteiger partial charge on any atom is -0.481 e. The van der Waals surface area contributed by atoms with Gasteiger partial charge in [0.2, 0.25) is 0 Å². The molecule has 1 aromatic heterocycles. The number of hydrogen-bond acceptors (Lipinski definition) is 4. The molecule has 5 heteroatoms. The van der Waals surface area contributed by atoms with Crippen molar-refractivity contribution in [2.45, 2.75) is 39.2 Å². The van der Waals surface area contributed by atoms with E-state index in [-0.39, 0.29) is 6.42 Å². The van der Waals surface area contributed by atoms with Crippen LogP contribution in [-0.4, -0.2) is 22.1 Å². The fourth-order valence-corrected chi connectivity index (χ4v) is 2.38. The van der Waals surface area contributed by atoms with Gasteiger partial charge >= 0.3 is 5.97 Å². The van der Waals surface area contributed by atoms with Gasteiger partial charge in [0, 0.05) is 17.8 Å². The SMILES string of the molecule is CC1(C)CC1Nc1nc(CCC(=O)O)cs1. The molecule has 1 aliphatic carbocycles. The number of hydrogen-bond donors (Lipinski definition) is 2. The van der Waals surface area contributed by atoms with Crippen LogP contribution in [0.1, 0.15) is 32.4 Å². The zero-order valence-electron chi connectivity index (χ0n) is 9.49. The predicted octanol–water partition coefficient (Wildman–Crippen LogP) is 2.37. The predicted molar refractivity (Wildman–Crippen MR) is 63.9 cm³/mol. The van der Waals surface area contributed by atoms with Crippen LogP contribution in [0.4, 0.5) is 5.13 Å². The zero-order chi connectivity index (χ0) is 11.8. The fourth-order valence-electron chi connectivity index (χ4n) is 1.59. The lowest BCUT2D eigenvalue weighted by molar-refractivity contribution is -0.136. The van der Waals surface area contributed by atoms with Gasteiger partial charge in [0.05, 0.1) is 12.1 Å². The molecule has 1 aliphatic rings. The Morgan fingerprint density at radius 3 is 3.00 bits per heavy atom. The van der Waals surface area contributed by atoms with Gasteiger partial charge in [-0.2, -0.15) is 0 Å². The minimum absolute atomic E-state index is 0.151. The van der Waals surface area contributed by atoms with E-state index in [2.05, 4.69) is 24.1 Å². The van der Waals surface area contributed by atoms with Gasteiger partial charge in [-0.05, 0) is 11.8 Å². The summed E-state index contributed by atoms with van der Waals surface area (Å²) in [4.78, 5) is 14.8. The molecule has 2 rings (SSSR count). The van der Waals surface area contributed by atoms with Crippen LogP contribution < -0.4 is 5.32 Å². The summed E-state index contributed by atoms with van der Waals surface area (Å²) in [5, 5.41) is 14.8. The fraction of sp³-hybridized carbons (Fsp3) is 0.636. The third-order valence-electron chi connectivity index (χ3n) is 2.96. The van der Waals surface area contributed by atoms with Crippen molar-refractivity contribution in [3.63, 3.8) is 0 Å². The van der Waals surface area contributed by atoms with Gasteiger partial charge in [-0.3, -0.25) is 4.79 Å². The zero-order valence-corrected chi connectivity index (χ0v) is 10.3. The summed E-state index contributed by atoms with van der Waals surface area (Å²) < 4.78 is 0. The van der Waals surface area contributed by atoms with E-state index in [1.54, 1.807) is 11.3 Å². The summed E-state index contributed by atoms with van der Waals surface area (Å²) in [7, 11) is 0. The van der Waals surface area contributed by atoms with E-state index in [9.17, 15) is 4.79 Å². The van der Waals surface area contributed by atoms with Crippen LogP contribution in [0.15, 0.2) is 5.38 Å². The van der Waals surface area contributed by atoms with Crippen LogP contribution in [0.2, 0.25) is 0 Å². The number of thiazole rings is 1. The van der Waals surface area contributed by atoms with E-state index in [0.717, 1.165) is 10.8 Å². The second kappa shape index (κ2) is 4.05. The summed E-state index contributed by atoms with van der Waals surface area (Å²) in [6.07, 6.45) is 1.84. The molecule has 1 heterocycles. The van der Waals surface area contributed by atoms with Crippen molar-refractivity contribution in [3.8, 4) is 0 Å². The summed E-state index contributed by atoms with van der Waals surface area (Å²) in [5.41, 5.74) is 1.25. The van der Waals surface area contributed by atoms with Crippen molar-refractivity contribution in [2.24, 2.45) is 5.41 Å². The normalized spacial score (nSPS) is 21.8. The molecule has 2 N–H and O–H groups in total. The number of aryl methyl sites for hydroxylation is 1. The van der Waals surface area contributed by atoms with E-state index in [1.165, 1.54) is 6.42 Å². The van der Waals surface area contributed by atoms with Crippen LogP contribution in [0, 0.1) is 5.41 Å². The third kappa shape index (κ3) is 2.72. The van der Waals surface area contributed by atoms with Gasteiger partial charge in [-0.25, -0.2) is 4.98 Å². The Balaban J connectivity index is 1.85. The largest absolute Gasteiger partial charge is 0.481 e. The topological polar surface area (TPSA) is 62.2 Å². The number of aliphatic carboxylic acids is 1. The van der Waals surface area contributed by atoms with Crippen molar-refractivity contribution in [1.29, 1.82) is 0 Å². The van der Waals surface area contributed by atoms with Crippen molar-refractivity contribution in [1.82, 2.24) is 4.98 Å². The number of anilines is 1. The first-order valence-electron chi connectivity index (χ1n) is 5.40. The number of nitrogens with one attached hydrogen (secondary N) is 1. The Morgan fingerprint density at radius 2 is 2.44 bits per heavy atom. The molecule has 0 bridgehead atoms. The van der Waals surface area contributed by atoms with Crippen LogP contribution >= 0.6 is 11.3 Å². The molecule has 0 amide bonds. The lowest BCUT2D eigenvalue weighted by Crippen LogP contribution is -2.08. The first-order chi connectivity index (χ1) is 7.47. The second-order valence-electron chi connectivity index (χ2n) is 4.93. The summed E-state index contributed by atoms with van der Waals surface area (Å²) in [6, 6.07) is 0.519. The van der Waals surface area contributed by atoms with Crippen LogP contribution in [-0.2, 0) is 11.2 Å². The lowest BCUT2D eigenvalue weighted by Gasteiger charge is -2.03. The van der Waals surface area contributed by atoms with Crippen LogP contribution in [0.5, 0.6) is 0 Å². The highest BCUT2D eigenvalue weighted by Crippen LogP contribution is 2.46. The van der Waals surface area contributed by atoms with Crippen molar-refractivity contribution in [3.05, 3.63) is 11.1 Å². The molecule has 0 radical (unpaired) electrons. The number of carboxylic acids is 1. The van der Waals surface area contributed by atoms with Crippen molar-refractivity contribution in [2.75, 3.05) is 5.32 Å². The molecule has 1 unspecified atom stereocenters. The smallest absolute Gasteiger partial charge is 0.303 e. The maximum absolute atomic E-state index is 10.4. The standard InChI is InChI=1S/C11H16N2O2S/c1-11(2)5-8(11)13-10-12-7(6-16-10)3-4-9(14)15/h6,8H,3-5H2,1-2H3,(H,12,13)(H,14,15). The molecule has 0 aromatic carbocycles. The highest BCUT2D eigenvalue weighted by Gasteiger charge is 2.46. The second-order valence-corrected chi connectivity index (χ2v) is 5.79. The first-order valence-corrected chi connectivity index (χ1v) is 6.28. The average Bonchev–Trinajstić information content (AvgIpc) is 2.62. The number of aromatic nitrogens is 1. The summed E-state index contributed by atoms with van der Waals surface area (Å²) >= 11 is 1.56. The van der Waals surface area contributed by atoms with Crippen LogP contribution in [0.25, 0.3) is 0 Å². The molecule has 0 saturated heterocycles. The van der Waals surface area contributed by atoms with Gasteiger partial charge in [0.25, 0.3) is 0 Å². The van der Waals surface area contributed by atoms with E-state index in [0.29, 0.717) is 17.9 Å². The van der Waals surface area contributed by atoms with Gasteiger partial charge in [0.1, 0.15) is 0 Å². The number of carbonyl (C=O) groups is 1. The van der Waals surface area contributed by atoms with Gasteiger partial charge in [0.15, 0.2) is 5.13 Å². The minimum atomic E-state index is -0.772. The molecular formula is C11H16N2O2S. The number of rotatable bonds is 5. The van der Waals surface area contributed by atoms with Gasteiger partial charge in [-0.15, -0.1) is 11.3 Å². The Morgan fingerprint density at radius 1 is 1.75 bits per heavy atom. The van der Waals surface area contributed by atoms with E-state index < -0.39 is 5.97 Å². The Hall–Kier alpha value is -1.10. The summed E-state index contributed by atoms with van der Waals surface area (Å²) in [5.74, 6) is -0.772. The van der Waals surface area contributed by atoms with Crippen molar-refractivity contribution >= 4 is 22.4 Å². The third-order valence-corrected chi connectivity index (χ3v) is 3.78. The molecule has 1 saturated carbocycles. The quantitative estimate of drug-likeness (QED) is 0.829. The van der Waals surface area contributed by atoms with Crippen LogP contribution in [0.3, 0.4) is 0 Å². The Kier molecular flexibility index (Phi) is 2.88. The Bertz CT molecular complexity index is 400. The van der Waals surface area contributed by atoms with Gasteiger partial charge < -0.3 is 10.4 Å². The maximum atomic E-state index is 10.4. The monoisotopic (exact) mass is 240 g/mol. The van der Waals surface area contributed by atoms with Gasteiger partial charge in [-0.1, -0.05) is 13.8 Å². The molecule has 16 heavy (non-hydrogen) atoms. The highest BCUT2D eigenvalue weighted by atomic mass is 32.1. The molecule has 88 valence electrons. The maximum Gasteiger partial charge on any atom is 0.303 e. The van der Waals surface area contributed by atoms with E-state index in [4.69, 9.17) is 5.11 Å². The summed E-state index contributed by atoms with van der Waals surface area (Å²) in [6.45, 7) is 4.45.